The van der Waals surface area contributed by atoms with E-state index in [0.29, 0.717) is 0 Å². The quantitative estimate of drug-likeness (QED) is 0.634. The molecule has 1 rings (SSSR count). The smallest absolute Gasteiger partial charge is 0.00729 e. The van der Waals surface area contributed by atoms with Crippen LogP contribution < -0.4 is 0 Å². The van der Waals surface area contributed by atoms with E-state index >= 15 is 0 Å². The van der Waals surface area contributed by atoms with Gasteiger partial charge in [0.15, 0.2) is 0 Å². The molecular formula is C11H24S. The minimum atomic E-state index is 0.997. The summed E-state index contributed by atoms with van der Waals surface area (Å²) in [7, 11) is 0. The highest BCUT2D eigenvalue weighted by atomic mass is 32.2. The van der Waals surface area contributed by atoms with E-state index in [0.717, 1.165) is 11.2 Å². The van der Waals surface area contributed by atoms with Crippen LogP contribution in [0, 0.1) is 5.92 Å². The summed E-state index contributed by atoms with van der Waals surface area (Å²) in [5.74, 6) is 2.41. The van der Waals surface area contributed by atoms with Crippen LogP contribution in [0.2, 0.25) is 0 Å². The van der Waals surface area contributed by atoms with Crippen molar-refractivity contribution in [3.8, 4) is 0 Å². The lowest BCUT2D eigenvalue weighted by Gasteiger charge is -2.12. The van der Waals surface area contributed by atoms with Crippen molar-refractivity contribution in [2.75, 3.05) is 5.75 Å². The SMILES string of the molecule is CC.CCCCC1SCCC1C. The molecule has 0 radical (unpaired) electrons. The minimum absolute atomic E-state index is 0.997. The van der Waals surface area contributed by atoms with E-state index in [9.17, 15) is 0 Å². The van der Waals surface area contributed by atoms with Gasteiger partial charge >= 0.3 is 0 Å². The van der Waals surface area contributed by atoms with Gasteiger partial charge in [0.1, 0.15) is 0 Å². The summed E-state index contributed by atoms with van der Waals surface area (Å²) in [5, 5.41) is 1.000. The summed E-state index contributed by atoms with van der Waals surface area (Å²) in [6.07, 6.45) is 5.72. The molecule has 1 aliphatic heterocycles. The Hall–Kier alpha value is 0.350. The van der Waals surface area contributed by atoms with Crippen molar-refractivity contribution in [1.29, 1.82) is 0 Å². The Balaban J connectivity index is 0.000000561. The second kappa shape index (κ2) is 7.97. The maximum atomic E-state index is 2.40. The van der Waals surface area contributed by atoms with Gasteiger partial charge in [-0.15, -0.1) is 0 Å². The first-order valence-electron chi connectivity index (χ1n) is 5.46. The molecule has 74 valence electrons. The van der Waals surface area contributed by atoms with Crippen molar-refractivity contribution in [1.82, 2.24) is 0 Å². The lowest BCUT2D eigenvalue weighted by atomic mass is 10.0. The molecule has 0 bridgehead atoms. The molecule has 2 atom stereocenters. The zero-order chi connectivity index (χ0) is 9.40. The van der Waals surface area contributed by atoms with Crippen LogP contribution in [0.5, 0.6) is 0 Å². The highest BCUT2D eigenvalue weighted by molar-refractivity contribution is 8.00. The summed E-state index contributed by atoms with van der Waals surface area (Å²) in [6.45, 7) is 8.69. The first-order chi connectivity index (χ1) is 5.84. The third kappa shape index (κ3) is 4.39. The van der Waals surface area contributed by atoms with Gasteiger partial charge in [-0.2, -0.15) is 11.8 Å². The molecule has 1 aliphatic rings. The van der Waals surface area contributed by atoms with Gasteiger partial charge in [-0.05, 0) is 24.5 Å². The molecule has 0 saturated carbocycles. The molecule has 1 heterocycles. The molecule has 0 aromatic rings. The molecule has 12 heavy (non-hydrogen) atoms. The molecule has 1 fully saturated rings. The predicted molar refractivity (Wildman–Crippen MR) is 60.9 cm³/mol. The standard InChI is InChI=1S/C9H18S.C2H6/c1-3-4-5-9-8(2)6-7-10-9;1-2/h8-9H,3-7H2,1-2H3;1-2H3. The number of hydrogen-bond acceptors (Lipinski definition) is 1. The number of hydrogen-bond donors (Lipinski definition) is 0. The predicted octanol–water partition coefficient (Wildman–Crippen LogP) is 4.34. The monoisotopic (exact) mass is 188 g/mol. The van der Waals surface area contributed by atoms with E-state index in [-0.39, 0.29) is 0 Å². The highest BCUT2D eigenvalue weighted by Gasteiger charge is 2.22. The fourth-order valence-electron chi connectivity index (χ4n) is 1.53. The lowest BCUT2D eigenvalue weighted by Crippen LogP contribution is -2.06. The molecule has 2 unspecified atom stereocenters. The van der Waals surface area contributed by atoms with Crippen LogP contribution in [0.1, 0.15) is 53.4 Å². The molecule has 0 aromatic carbocycles. The molecule has 0 aromatic heterocycles. The first kappa shape index (κ1) is 12.3. The minimum Gasteiger partial charge on any atom is -0.158 e. The maximum Gasteiger partial charge on any atom is 0.00729 e. The van der Waals surface area contributed by atoms with E-state index in [2.05, 4.69) is 25.6 Å². The number of thioether (sulfide) groups is 1. The van der Waals surface area contributed by atoms with Crippen molar-refractivity contribution in [2.24, 2.45) is 5.92 Å². The van der Waals surface area contributed by atoms with Gasteiger partial charge in [-0.25, -0.2) is 0 Å². The van der Waals surface area contributed by atoms with E-state index in [1.807, 2.05) is 13.8 Å². The van der Waals surface area contributed by atoms with Crippen molar-refractivity contribution in [2.45, 2.75) is 58.6 Å². The Kier molecular flexibility index (Phi) is 8.20. The lowest BCUT2D eigenvalue weighted by molar-refractivity contribution is 0.523. The topological polar surface area (TPSA) is 0 Å². The van der Waals surface area contributed by atoms with E-state index in [4.69, 9.17) is 0 Å². The van der Waals surface area contributed by atoms with Gasteiger partial charge < -0.3 is 0 Å². The molecule has 1 saturated heterocycles. The average Bonchev–Trinajstić information content (AvgIpc) is 2.51. The summed E-state index contributed by atoms with van der Waals surface area (Å²) in [4.78, 5) is 0. The van der Waals surface area contributed by atoms with Crippen LogP contribution in [0.4, 0.5) is 0 Å². The van der Waals surface area contributed by atoms with Gasteiger partial charge in [-0.1, -0.05) is 40.5 Å². The zero-order valence-electron chi connectivity index (χ0n) is 9.10. The normalized spacial score (nSPS) is 28.0. The van der Waals surface area contributed by atoms with Crippen LogP contribution in [-0.2, 0) is 0 Å². The molecule has 1 heteroatoms. The van der Waals surface area contributed by atoms with E-state index in [1.54, 1.807) is 0 Å². The Morgan fingerprint density at radius 2 is 2.00 bits per heavy atom. The number of rotatable bonds is 3. The third-order valence-corrected chi connectivity index (χ3v) is 3.98. The van der Waals surface area contributed by atoms with Crippen molar-refractivity contribution in [3.05, 3.63) is 0 Å². The fourth-order valence-corrected chi connectivity index (χ4v) is 3.14. The Labute approximate surface area is 82.5 Å². The second-order valence-electron chi connectivity index (χ2n) is 3.32. The summed E-state index contributed by atoms with van der Waals surface area (Å²) in [6, 6.07) is 0. The van der Waals surface area contributed by atoms with Crippen molar-refractivity contribution < 1.29 is 0 Å². The zero-order valence-corrected chi connectivity index (χ0v) is 9.91. The Morgan fingerprint density at radius 3 is 2.42 bits per heavy atom. The first-order valence-corrected chi connectivity index (χ1v) is 6.51. The molecule has 0 N–H and O–H groups in total. The van der Waals surface area contributed by atoms with Gasteiger partial charge in [0.2, 0.25) is 0 Å². The van der Waals surface area contributed by atoms with Gasteiger partial charge in [0.05, 0.1) is 0 Å². The molecule has 0 amide bonds. The fraction of sp³-hybridized carbons (Fsp3) is 1.00. The van der Waals surface area contributed by atoms with E-state index in [1.165, 1.54) is 31.4 Å². The van der Waals surface area contributed by atoms with Crippen LogP contribution in [0.15, 0.2) is 0 Å². The summed E-state index contributed by atoms with van der Waals surface area (Å²) >= 11 is 2.19. The Morgan fingerprint density at radius 1 is 1.33 bits per heavy atom. The van der Waals surface area contributed by atoms with Gasteiger partial charge in [0, 0.05) is 5.25 Å². The second-order valence-corrected chi connectivity index (χ2v) is 4.66. The third-order valence-electron chi connectivity index (χ3n) is 2.38. The van der Waals surface area contributed by atoms with Crippen LogP contribution >= 0.6 is 11.8 Å². The number of unbranched alkanes of at least 4 members (excludes halogenated alkanes) is 1. The average molecular weight is 188 g/mol. The largest absolute Gasteiger partial charge is 0.158 e. The Bertz CT molecular complexity index is 91.0. The maximum absolute atomic E-state index is 2.40. The van der Waals surface area contributed by atoms with Crippen molar-refractivity contribution >= 4 is 11.8 Å². The highest BCUT2D eigenvalue weighted by Crippen LogP contribution is 2.34. The van der Waals surface area contributed by atoms with Crippen molar-refractivity contribution in [3.63, 3.8) is 0 Å². The summed E-state index contributed by atoms with van der Waals surface area (Å²) < 4.78 is 0. The van der Waals surface area contributed by atoms with Crippen LogP contribution in [-0.4, -0.2) is 11.0 Å². The molecule has 0 aliphatic carbocycles. The van der Waals surface area contributed by atoms with Gasteiger partial charge in [-0.3, -0.25) is 0 Å². The van der Waals surface area contributed by atoms with Crippen LogP contribution in [0.3, 0.4) is 0 Å². The molecule has 0 nitrogen and oxygen atoms in total. The molecular weight excluding hydrogens is 164 g/mol. The summed E-state index contributed by atoms with van der Waals surface area (Å²) in [5.41, 5.74) is 0. The van der Waals surface area contributed by atoms with Crippen LogP contribution in [0.25, 0.3) is 0 Å². The van der Waals surface area contributed by atoms with E-state index < -0.39 is 0 Å². The molecule has 0 spiro atoms. The van der Waals surface area contributed by atoms with Gasteiger partial charge in [0.25, 0.3) is 0 Å².